The number of hydrogen-bond acceptors (Lipinski definition) is 5. The number of allylic oxidation sites excluding steroid dienone is 10. The first-order valence-corrected chi connectivity index (χ1v) is 24.5. The molecule has 0 bridgehead atoms. The van der Waals surface area contributed by atoms with E-state index in [1.807, 2.05) is 0 Å². The van der Waals surface area contributed by atoms with Crippen LogP contribution in [0.3, 0.4) is 0 Å². The zero-order valence-corrected chi connectivity index (χ0v) is 38.2. The van der Waals surface area contributed by atoms with Crippen molar-refractivity contribution >= 4 is 11.9 Å². The van der Waals surface area contributed by atoms with Crippen molar-refractivity contribution in [3.8, 4) is 0 Å². The molecule has 3 unspecified atom stereocenters. The van der Waals surface area contributed by atoms with Crippen molar-refractivity contribution in [1.29, 1.82) is 0 Å². The Morgan fingerprint density at radius 2 is 0.897 bits per heavy atom. The molecule has 0 aromatic carbocycles. The molecule has 0 fully saturated rings. The fourth-order valence-corrected chi connectivity index (χ4v) is 7.07. The molecule has 1 amide bonds. The highest BCUT2D eigenvalue weighted by Crippen LogP contribution is 2.16. The molecule has 0 rings (SSSR count). The summed E-state index contributed by atoms with van der Waals surface area (Å²) in [6.45, 7) is 6.41. The van der Waals surface area contributed by atoms with Gasteiger partial charge in [-0.1, -0.05) is 197 Å². The van der Waals surface area contributed by atoms with Crippen LogP contribution in [0.25, 0.3) is 0 Å². The van der Waals surface area contributed by atoms with Crippen molar-refractivity contribution in [3.05, 3.63) is 60.8 Å². The van der Waals surface area contributed by atoms with Gasteiger partial charge in [0.15, 0.2) is 0 Å². The van der Waals surface area contributed by atoms with E-state index >= 15 is 0 Å². The van der Waals surface area contributed by atoms with E-state index in [9.17, 15) is 19.8 Å². The molecule has 0 heterocycles. The van der Waals surface area contributed by atoms with E-state index in [4.69, 9.17) is 4.74 Å². The first kappa shape index (κ1) is 55.6. The molecule has 58 heavy (non-hydrogen) atoms. The van der Waals surface area contributed by atoms with Gasteiger partial charge in [0.2, 0.25) is 5.91 Å². The summed E-state index contributed by atoms with van der Waals surface area (Å²) in [5.74, 6) is -0.572. The van der Waals surface area contributed by atoms with Crippen LogP contribution in [0.15, 0.2) is 60.8 Å². The van der Waals surface area contributed by atoms with Crippen LogP contribution in [-0.4, -0.2) is 46.9 Å². The number of aliphatic hydroxyl groups excluding tert-OH is 2. The molecule has 3 N–H and O–H groups in total. The molecule has 0 radical (unpaired) electrons. The van der Waals surface area contributed by atoms with E-state index in [0.29, 0.717) is 25.7 Å². The van der Waals surface area contributed by atoms with Crippen molar-refractivity contribution in [2.24, 2.45) is 0 Å². The topological polar surface area (TPSA) is 95.9 Å². The van der Waals surface area contributed by atoms with Crippen LogP contribution in [0, 0.1) is 0 Å². The molecule has 0 saturated carbocycles. The summed E-state index contributed by atoms with van der Waals surface area (Å²) in [5, 5.41) is 23.6. The molecule has 0 aliphatic carbocycles. The molecule has 0 aliphatic heterocycles. The molecular weight excluding hydrogens is 719 g/mol. The quantitative estimate of drug-likeness (QED) is 0.0324. The van der Waals surface area contributed by atoms with Crippen molar-refractivity contribution in [1.82, 2.24) is 5.32 Å². The number of carbonyl (C=O) groups excluding carboxylic acids is 2. The summed E-state index contributed by atoms with van der Waals surface area (Å²) < 4.78 is 5.87. The Hall–Kier alpha value is -2.44. The SMILES string of the molecule is CCCCC/C=C\C/C=C\C/C=C\C/C=C\CCCC(=O)OC(CCC/C=C\CCCCCCCCC)CC(=O)NC(CO)C(O)CCCCCCCCCCCC. The minimum Gasteiger partial charge on any atom is -0.462 e. The van der Waals surface area contributed by atoms with Gasteiger partial charge in [0, 0.05) is 6.42 Å². The van der Waals surface area contributed by atoms with Crippen LogP contribution in [-0.2, 0) is 14.3 Å². The molecule has 6 heteroatoms. The predicted molar refractivity (Wildman–Crippen MR) is 250 cm³/mol. The van der Waals surface area contributed by atoms with Gasteiger partial charge in [-0.05, 0) is 83.5 Å². The lowest BCUT2D eigenvalue weighted by atomic mass is 10.0. The normalized spacial score (nSPS) is 13.8. The Morgan fingerprint density at radius 3 is 1.41 bits per heavy atom. The highest BCUT2D eigenvalue weighted by molar-refractivity contribution is 5.77. The van der Waals surface area contributed by atoms with Gasteiger partial charge in [0.05, 0.1) is 25.2 Å². The van der Waals surface area contributed by atoms with E-state index in [2.05, 4.69) is 86.8 Å². The van der Waals surface area contributed by atoms with Crippen LogP contribution in [0.1, 0.15) is 233 Å². The van der Waals surface area contributed by atoms with Crippen molar-refractivity contribution in [2.45, 2.75) is 251 Å². The molecular formula is C52H93NO5. The van der Waals surface area contributed by atoms with E-state index in [1.54, 1.807) is 0 Å². The third-order valence-corrected chi connectivity index (χ3v) is 10.8. The second-order valence-electron chi connectivity index (χ2n) is 16.5. The second-order valence-corrected chi connectivity index (χ2v) is 16.5. The van der Waals surface area contributed by atoms with Crippen LogP contribution in [0.4, 0.5) is 0 Å². The number of amides is 1. The first-order chi connectivity index (χ1) is 28.5. The van der Waals surface area contributed by atoms with Crippen molar-refractivity contribution < 1.29 is 24.5 Å². The lowest BCUT2D eigenvalue weighted by Crippen LogP contribution is -2.46. The second kappa shape index (κ2) is 45.6. The molecule has 0 spiro atoms. The lowest BCUT2D eigenvalue weighted by Gasteiger charge is -2.24. The van der Waals surface area contributed by atoms with Crippen LogP contribution in [0.2, 0.25) is 0 Å². The zero-order valence-electron chi connectivity index (χ0n) is 38.2. The number of aliphatic hydroxyl groups is 2. The molecule has 0 saturated heterocycles. The van der Waals surface area contributed by atoms with Crippen LogP contribution in [0.5, 0.6) is 0 Å². The zero-order chi connectivity index (χ0) is 42.4. The predicted octanol–water partition coefficient (Wildman–Crippen LogP) is 14.5. The van der Waals surface area contributed by atoms with Gasteiger partial charge in [-0.3, -0.25) is 9.59 Å². The molecule has 336 valence electrons. The Balaban J connectivity index is 4.70. The fraction of sp³-hybridized carbons (Fsp3) is 0.769. The van der Waals surface area contributed by atoms with Crippen LogP contribution < -0.4 is 5.32 Å². The van der Waals surface area contributed by atoms with Gasteiger partial charge in [-0.15, -0.1) is 0 Å². The van der Waals surface area contributed by atoms with E-state index in [-0.39, 0.29) is 24.9 Å². The maximum Gasteiger partial charge on any atom is 0.306 e. The molecule has 3 atom stereocenters. The largest absolute Gasteiger partial charge is 0.462 e. The first-order valence-electron chi connectivity index (χ1n) is 24.5. The molecule has 6 nitrogen and oxygen atoms in total. The van der Waals surface area contributed by atoms with E-state index < -0.39 is 18.2 Å². The average molecular weight is 812 g/mol. The number of ether oxygens (including phenoxy) is 1. The number of nitrogens with one attached hydrogen (secondary N) is 1. The summed E-state index contributed by atoms with van der Waals surface area (Å²) in [4.78, 5) is 26.0. The van der Waals surface area contributed by atoms with Gasteiger partial charge < -0.3 is 20.3 Å². The third kappa shape index (κ3) is 40.3. The highest BCUT2D eigenvalue weighted by Gasteiger charge is 2.24. The van der Waals surface area contributed by atoms with Gasteiger partial charge in [0.25, 0.3) is 0 Å². The van der Waals surface area contributed by atoms with E-state index in [1.165, 1.54) is 116 Å². The number of hydrogen-bond donors (Lipinski definition) is 3. The number of esters is 1. The third-order valence-electron chi connectivity index (χ3n) is 10.8. The lowest BCUT2D eigenvalue weighted by molar-refractivity contribution is -0.151. The van der Waals surface area contributed by atoms with Gasteiger partial charge in [-0.25, -0.2) is 0 Å². The van der Waals surface area contributed by atoms with Gasteiger partial charge in [0.1, 0.15) is 6.10 Å². The van der Waals surface area contributed by atoms with Crippen molar-refractivity contribution in [3.63, 3.8) is 0 Å². The number of rotatable bonds is 43. The Kier molecular flexibility index (Phi) is 43.7. The minimum absolute atomic E-state index is 0.0339. The number of unbranched alkanes of at least 4 members (excludes halogenated alkanes) is 21. The van der Waals surface area contributed by atoms with Gasteiger partial charge in [-0.2, -0.15) is 0 Å². The number of carbonyl (C=O) groups is 2. The Morgan fingerprint density at radius 1 is 0.500 bits per heavy atom. The van der Waals surface area contributed by atoms with E-state index in [0.717, 1.165) is 64.2 Å². The fourth-order valence-electron chi connectivity index (χ4n) is 7.07. The Labute approximate surface area is 358 Å². The smallest absolute Gasteiger partial charge is 0.306 e. The summed E-state index contributed by atoms with van der Waals surface area (Å²) in [6, 6.07) is -0.720. The van der Waals surface area contributed by atoms with Gasteiger partial charge >= 0.3 is 5.97 Å². The standard InChI is InChI=1S/C52H93NO5/c1-4-7-10-13-16-19-22-24-25-26-27-28-30-33-36-39-42-45-52(57)58-48(43-40-37-34-31-29-23-20-17-14-11-8-5-2)46-51(56)53-49(47-54)50(55)44-41-38-35-32-21-18-15-12-9-6-3/h16,19,24-25,27-28,31,33-34,36,48-50,54-55H,4-15,17-18,20-23,26,29-30,32,35,37-47H2,1-3H3,(H,53,56)/b19-16-,25-24-,28-27-,34-31-,36-33-. The maximum atomic E-state index is 13.1. The molecule has 0 aromatic heterocycles. The molecule has 0 aliphatic rings. The summed E-state index contributed by atoms with van der Waals surface area (Å²) in [6.07, 6.45) is 55.7. The average Bonchev–Trinajstić information content (AvgIpc) is 3.22. The highest BCUT2D eigenvalue weighted by atomic mass is 16.5. The summed E-state index contributed by atoms with van der Waals surface area (Å²) in [7, 11) is 0. The summed E-state index contributed by atoms with van der Waals surface area (Å²) in [5.41, 5.74) is 0. The molecule has 0 aromatic rings. The van der Waals surface area contributed by atoms with Crippen LogP contribution >= 0.6 is 0 Å². The maximum absolute atomic E-state index is 13.1. The Bertz CT molecular complexity index is 1050. The minimum atomic E-state index is -0.803. The monoisotopic (exact) mass is 812 g/mol. The van der Waals surface area contributed by atoms with Crippen molar-refractivity contribution in [2.75, 3.05) is 6.61 Å². The summed E-state index contributed by atoms with van der Waals surface area (Å²) >= 11 is 0.